The third-order valence-corrected chi connectivity index (χ3v) is 3.64. The van der Waals surface area contributed by atoms with Gasteiger partial charge >= 0.3 is 0 Å². The number of para-hydroxylation sites is 1. The minimum Gasteiger partial charge on any atom is -0.483 e. The van der Waals surface area contributed by atoms with Gasteiger partial charge in [0.2, 0.25) is 0 Å². The van der Waals surface area contributed by atoms with Crippen LogP contribution in [0.2, 0.25) is 0 Å². The average Bonchev–Trinajstić information content (AvgIpc) is 2.62. The summed E-state index contributed by atoms with van der Waals surface area (Å²) in [5.41, 5.74) is 5.53. The van der Waals surface area contributed by atoms with Gasteiger partial charge in [0.15, 0.2) is 6.61 Å². The van der Waals surface area contributed by atoms with Crippen LogP contribution in [0.15, 0.2) is 59.7 Å². The molecule has 0 aromatic heterocycles. The van der Waals surface area contributed by atoms with E-state index in [1.165, 1.54) is 0 Å². The number of rotatable bonds is 8. The van der Waals surface area contributed by atoms with Gasteiger partial charge in [0.25, 0.3) is 5.91 Å². The highest BCUT2D eigenvalue weighted by molar-refractivity contribution is 6.01. The molecule has 126 valence electrons. The van der Waals surface area contributed by atoms with Crippen LogP contribution < -0.4 is 10.2 Å². The highest BCUT2D eigenvalue weighted by Crippen LogP contribution is 2.15. The van der Waals surface area contributed by atoms with Crippen LogP contribution in [-0.4, -0.2) is 18.2 Å². The second-order valence-corrected chi connectivity index (χ2v) is 5.62. The van der Waals surface area contributed by atoms with E-state index in [1.807, 2.05) is 61.5 Å². The Morgan fingerprint density at radius 1 is 1.08 bits per heavy atom. The summed E-state index contributed by atoms with van der Waals surface area (Å²) < 4.78 is 5.54. The van der Waals surface area contributed by atoms with Gasteiger partial charge in [0.1, 0.15) is 5.75 Å². The third-order valence-electron chi connectivity index (χ3n) is 3.64. The second kappa shape index (κ2) is 9.50. The number of benzene rings is 2. The Bertz CT molecular complexity index is 681. The number of nitrogens with zero attached hydrogens (tertiary/aromatic N) is 1. The molecule has 24 heavy (non-hydrogen) atoms. The Morgan fingerprint density at radius 3 is 2.50 bits per heavy atom. The molecule has 0 saturated carbocycles. The normalized spacial score (nSPS) is 11.2. The molecule has 0 radical (unpaired) electrons. The van der Waals surface area contributed by atoms with Gasteiger partial charge in [0, 0.05) is 0 Å². The molecule has 0 fully saturated rings. The molecule has 0 heterocycles. The van der Waals surface area contributed by atoms with Crippen LogP contribution >= 0.6 is 0 Å². The molecule has 0 atom stereocenters. The molecule has 4 heteroatoms. The number of hydrogen-bond acceptors (Lipinski definition) is 3. The monoisotopic (exact) mass is 324 g/mol. The number of nitrogens with one attached hydrogen (secondary N) is 1. The first-order chi connectivity index (χ1) is 11.7. The zero-order valence-electron chi connectivity index (χ0n) is 14.3. The Balaban J connectivity index is 1.95. The average molecular weight is 324 g/mol. The molecule has 0 unspecified atom stereocenters. The van der Waals surface area contributed by atoms with Gasteiger partial charge in [-0.3, -0.25) is 4.79 Å². The van der Waals surface area contributed by atoms with Crippen molar-refractivity contribution in [2.24, 2.45) is 5.10 Å². The third kappa shape index (κ3) is 5.54. The van der Waals surface area contributed by atoms with Crippen LogP contribution in [0.1, 0.15) is 37.3 Å². The summed E-state index contributed by atoms with van der Waals surface area (Å²) in [4.78, 5) is 12.0. The Morgan fingerprint density at radius 2 is 1.79 bits per heavy atom. The zero-order chi connectivity index (χ0) is 17.2. The molecule has 0 aliphatic carbocycles. The summed E-state index contributed by atoms with van der Waals surface area (Å²) >= 11 is 0. The maximum Gasteiger partial charge on any atom is 0.277 e. The lowest BCUT2D eigenvalue weighted by molar-refractivity contribution is -0.123. The van der Waals surface area contributed by atoms with E-state index in [9.17, 15) is 4.79 Å². The van der Waals surface area contributed by atoms with Crippen LogP contribution in [0.3, 0.4) is 0 Å². The van der Waals surface area contributed by atoms with Crippen molar-refractivity contribution in [3.05, 3.63) is 65.7 Å². The fraction of sp³-hybridized carbons (Fsp3) is 0.300. The summed E-state index contributed by atoms with van der Waals surface area (Å²) in [6, 6.07) is 17.5. The van der Waals surface area contributed by atoms with Gasteiger partial charge in [-0.25, -0.2) is 5.43 Å². The first kappa shape index (κ1) is 17.7. The van der Waals surface area contributed by atoms with Crippen LogP contribution in [0, 0.1) is 6.92 Å². The maximum atomic E-state index is 12.0. The predicted octanol–water partition coefficient (Wildman–Crippen LogP) is 4.08. The minimum absolute atomic E-state index is 0.0514. The molecular weight excluding hydrogens is 300 g/mol. The number of unbranched alkanes of at least 4 members (excludes halogenated alkanes) is 1. The SMILES string of the molecule is CCCC/C(=N\NC(=O)COc1ccccc1C)c1ccccc1. The van der Waals surface area contributed by atoms with Gasteiger partial charge in [-0.1, -0.05) is 61.9 Å². The quantitative estimate of drug-likeness (QED) is 0.587. The summed E-state index contributed by atoms with van der Waals surface area (Å²) in [6.45, 7) is 4.03. The lowest BCUT2D eigenvalue weighted by Gasteiger charge is -2.09. The number of hydrogen-bond donors (Lipinski definition) is 1. The van der Waals surface area contributed by atoms with E-state index in [-0.39, 0.29) is 12.5 Å². The van der Waals surface area contributed by atoms with E-state index in [4.69, 9.17) is 4.74 Å². The van der Waals surface area contributed by atoms with Crippen LogP contribution in [0.25, 0.3) is 0 Å². The van der Waals surface area contributed by atoms with Crippen molar-refractivity contribution >= 4 is 11.6 Å². The number of hydrazone groups is 1. The summed E-state index contributed by atoms with van der Waals surface area (Å²) in [7, 11) is 0. The van der Waals surface area contributed by atoms with E-state index in [0.717, 1.165) is 36.1 Å². The molecule has 2 rings (SSSR count). The van der Waals surface area contributed by atoms with E-state index < -0.39 is 0 Å². The van der Waals surface area contributed by atoms with E-state index in [1.54, 1.807) is 0 Å². The number of ether oxygens (including phenoxy) is 1. The molecule has 0 saturated heterocycles. The van der Waals surface area contributed by atoms with Gasteiger partial charge in [-0.2, -0.15) is 5.10 Å². The molecule has 2 aromatic rings. The Hall–Kier alpha value is -2.62. The first-order valence-electron chi connectivity index (χ1n) is 8.30. The van der Waals surface area contributed by atoms with Crippen molar-refractivity contribution in [2.45, 2.75) is 33.1 Å². The van der Waals surface area contributed by atoms with Crippen molar-refractivity contribution in [3.63, 3.8) is 0 Å². The van der Waals surface area contributed by atoms with Crippen molar-refractivity contribution in [2.75, 3.05) is 6.61 Å². The molecule has 0 spiro atoms. The van der Waals surface area contributed by atoms with Crippen molar-refractivity contribution < 1.29 is 9.53 Å². The lowest BCUT2D eigenvalue weighted by atomic mass is 10.1. The lowest BCUT2D eigenvalue weighted by Crippen LogP contribution is -2.26. The van der Waals surface area contributed by atoms with Gasteiger partial charge < -0.3 is 4.74 Å². The van der Waals surface area contributed by atoms with Crippen molar-refractivity contribution in [1.82, 2.24) is 5.43 Å². The second-order valence-electron chi connectivity index (χ2n) is 5.62. The molecule has 1 amide bonds. The number of amides is 1. The molecule has 4 nitrogen and oxygen atoms in total. The smallest absolute Gasteiger partial charge is 0.277 e. The van der Waals surface area contributed by atoms with Crippen LogP contribution in [-0.2, 0) is 4.79 Å². The van der Waals surface area contributed by atoms with E-state index in [0.29, 0.717) is 5.75 Å². The fourth-order valence-corrected chi connectivity index (χ4v) is 2.26. The topological polar surface area (TPSA) is 50.7 Å². The zero-order valence-corrected chi connectivity index (χ0v) is 14.3. The maximum absolute atomic E-state index is 12.0. The van der Waals surface area contributed by atoms with Crippen LogP contribution in [0.4, 0.5) is 0 Å². The molecule has 2 aromatic carbocycles. The number of carbonyl (C=O) groups excluding carboxylic acids is 1. The fourth-order valence-electron chi connectivity index (χ4n) is 2.26. The van der Waals surface area contributed by atoms with Crippen LogP contribution in [0.5, 0.6) is 5.75 Å². The van der Waals surface area contributed by atoms with E-state index in [2.05, 4.69) is 17.5 Å². The highest BCUT2D eigenvalue weighted by atomic mass is 16.5. The van der Waals surface area contributed by atoms with Crippen molar-refractivity contribution in [1.29, 1.82) is 0 Å². The molecule has 1 N–H and O–H groups in total. The van der Waals surface area contributed by atoms with E-state index >= 15 is 0 Å². The summed E-state index contributed by atoms with van der Waals surface area (Å²) in [5.74, 6) is 0.453. The summed E-state index contributed by atoms with van der Waals surface area (Å²) in [6.07, 6.45) is 2.94. The largest absolute Gasteiger partial charge is 0.483 e. The Labute approximate surface area is 143 Å². The molecule has 0 aliphatic heterocycles. The van der Waals surface area contributed by atoms with Gasteiger partial charge in [0.05, 0.1) is 5.71 Å². The van der Waals surface area contributed by atoms with Gasteiger partial charge in [-0.15, -0.1) is 0 Å². The number of aryl methyl sites for hydroxylation is 1. The summed E-state index contributed by atoms with van der Waals surface area (Å²) in [5, 5.41) is 4.30. The molecule has 0 bridgehead atoms. The standard InChI is InChI=1S/C20H24N2O2/c1-3-4-13-18(17-11-6-5-7-12-17)21-22-20(23)15-24-19-14-9-8-10-16(19)2/h5-12,14H,3-4,13,15H2,1-2H3,(H,22,23)/b21-18+. The number of carbonyl (C=O) groups is 1. The van der Waals surface area contributed by atoms with Gasteiger partial charge in [-0.05, 0) is 37.0 Å². The predicted molar refractivity (Wildman–Crippen MR) is 97.3 cm³/mol. The van der Waals surface area contributed by atoms with Crippen molar-refractivity contribution in [3.8, 4) is 5.75 Å². The minimum atomic E-state index is -0.261. The molecule has 0 aliphatic rings. The Kier molecular flexibility index (Phi) is 7.02. The molecular formula is C20H24N2O2. The first-order valence-corrected chi connectivity index (χ1v) is 8.30. The highest BCUT2D eigenvalue weighted by Gasteiger charge is 2.06.